The maximum atomic E-state index is 12.0. The molecule has 0 radical (unpaired) electrons. The minimum atomic E-state index is -0.818. The number of benzene rings is 1. The van der Waals surface area contributed by atoms with Gasteiger partial charge in [-0.15, -0.1) is 0 Å². The Kier molecular flexibility index (Phi) is 6.03. The molecule has 0 aliphatic heterocycles. The Morgan fingerprint density at radius 2 is 2.05 bits per heavy atom. The molecular formula is C15H21NO4. The van der Waals surface area contributed by atoms with Gasteiger partial charge in [-0.05, 0) is 38.0 Å². The summed E-state index contributed by atoms with van der Waals surface area (Å²) >= 11 is 0. The molecule has 110 valence electrons. The van der Waals surface area contributed by atoms with Gasteiger partial charge in [0.25, 0.3) is 5.91 Å². The summed E-state index contributed by atoms with van der Waals surface area (Å²) in [7, 11) is 1.54. The molecule has 1 atom stereocenters. The third-order valence-corrected chi connectivity index (χ3v) is 2.85. The van der Waals surface area contributed by atoms with Gasteiger partial charge in [0, 0.05) is 6.54 Å². The number of ether oxygens (including phenoxy) is 2. The van der Waals surface area contributed by atoms with Crippen molar-refractivity contribution in [3.8, 4) is 5.75 Å². The van der Waals surface area contributed by atoms with Crippen LogP contribution in [0, 0.1) is 6.92 Å². The molecule has 0 saturated heterocycles. The van der Waals surface area contributed by atoms with Gasteiger partial charge in [0.2, 0.25) is 0 Å². The fraction of sp³-hybridized carbons (Fsp3) is 0.467. The molecule has 0 bridgehead atoms. The van der Waals surface area contributed by atoms with Crippen LogP contribution in [-0.4, -0.2) is 31.6 Å². The maximum Gasteiger partial charge on any atom is 0.339 e. The number of nitrogens with one attached hydrogen (secondary N) is 1. The minimum Gasteiger partial charge on any atom is -0.496 e. The second-order valence-electron chi connectivity index (χ2n) is 4.52. The Labute approximate surface area is 119 Å². The van der Waals surface area contributed by atoms with Crippen LogP contribution in [0.3, 0.4) is 0 Å². The zero-order valence-electron chi connectivity index (χ0n) is 12.4. The maximum absolute atomic E-state index is 12.0. The van der Waals surface area contributed by atoms with E-state index in [0.29, 0.717) is 17.9 Å². The average Bonchev–Trinajstić information content (AvgIpc) is 2.44. The summed E-state index contributed by atoms with van der Waals surface area (Å²) in [5.74, 6) is -0.218. The zero-order chi connectivity index (χ0) is 15.1. The molecule has 1 amide bonds. The molecule has 0 heterocycles. The Balaban J connectivity index is 2.69. The van der Waals surface area contributed by atoms with E-state index in [1.54, 1.807) is 25.1 Å². The summed E-state index contributed by atoms with van der Waals surface area (Å²) in [4.78, 5) is 23.6. The molecule has 5 nitrogen and oxygen atoms in total. The van der Waals surface area contributed by atoms with Gasteiger partial charge in [0.15, 0.2) is 6.10 Å². The van der Waals surface area contributed by atoms with Gasteiger partial charge in [0.05, 0.1) is 12.7 Å². The van der Waals surface area contributed by atoms with Crippen molar-refractivity contribution in [2.75, 3.05) is 13.7 Å². The number of amides is 1. The highest BCUT2D eigenvalue weighted by molar-refractivity contribution is 5.92. The number of methoxy groups -OCH3 is 1. The van der Waals surface area contributed by atoms with Crippen LogP contribution in [-0.2, 0) is 9.53 Å². The lowest BCUT2D eigenvalue weighted by Gasteiger charge is -2.14. The Bertz CT molecular complexity index is 485. The molecular weight excluding hydrogens is 258 g/mol. The van der Waals surface area contributed by atoms with Crippen LogP contribution in [0.25, 0.3) is 0 Å². The summed E-state index contributed by atoms with van der Waals surface area (Å²) in [5.41, 5.74) is 1.29. The first-order chi connectivity index (χ1) is 9.49. The second kappa shape index (κ2) is 7.53. The van der Waals surface area contributed by atoms with Crippen molar-refractivity contribution < 1.29 is 19.1 Å². The molecule has 5 heteroatoms. The van der Waals surface area contributed by atoms with E-state index in [9.17, 15) is 9.59 Å². The van der Waals surface area contributed by atoms with Crippen molar-refractivity contribution in [2.45, 2.75) is 33.3 Å². The van der Waals surface area contributed by atoms with E-state index in [0.717, 1.165) is 12.0 Å². The predicted molar refractivity (Wildman–Crippen MR) is 75.9 cm³/mol. The molecule has 20 heavy (non-hydrogen) atoms. The van der Waals surface area contributed by atoms with Gasteiger partial charge in [0.1, 0.15) is 5.75 Å². The monoisotopic (exact) mass is 279 g/mol. The zero-order valence-corrected chi connectivity index (χ0v) is 12.4. The van der Waals surface area contributed by atoms with Crippen molar-refractivity contribution in [3.63, 3.8) is 0 Å². The quantitative estimate of drug-likeness (QED) is 0.810. The molecule has 0 spiro atoms. The lowest BCUT2D eigenvalue weighted by Crippen LogP contribution is -2.36. The van der Waals surface area contributed by atoms with Crippen LogP contribution in [0.15, 0.2) is 18.2 Å². The molecule has 1 aromatic carbocycles. The van der Waals surface area contributed by atoms with Gasteiger partial charge in [-0.1, -0.05) is 13.0 Å². The van der Waals surface area contributed by atoms with Crippen LogP contribution in [0.4, 0.5) is 0 Å². The number of esters is 1. The first-order valence-corrected chi connectivity index (χ1v) is 6.63. The Morgan fingerprint density at radius 3 is 2.65 bits per heavy atom. The first kappa shape index (κ1) is 16.0. The normalized spacial score (nSPS) is 11.6. The lowest BCUT2D eigenvalue weighted by atomic mass is 10.1. The van der Waals surface area contributed by atoms with Crippen LogP contribution >= 0.6 is 0 Å². The SMILES string of the molecule is CCCNC(=O)[C@H](C)OC(=O)c1ccc(C)c(OC)c1. The highest BCUT2D eigenvalue weighted by Gasteiger charge is 2.19. The van der Waals surface area contributed by atoms with Gasteiger partial charge in [-0.2, -0.15) is 0 Å². The lowest BCUT2D eigenvalue weighted by molar-refractivity contribution is -0.129. The van der Waals surface area contributed by atoms with Crippen LogP contribution < -0.4 is 10.1 Å². The molecule has 0 aliphatic carbocycles. The minimum absolute atomic E-state index is 0.292. The number of hydrogen-bond donors (Lipinski definition) is 1. The number of carbonyl (C=O) groups is 2. The number of carbonyl (C=O) groups excluding carboxylic acids is 2. The Morgan fingerprint density at radius 1 is 1.35 bits per heavy atom. The Hall–Kier alpha value is -2.04. The highest BCUT2D eigenvalue weighted by atomic mass is 16.5. The summed E-state index contributed by atoms with van der Waals surface area (Å²) in [6.45, 7) is 5.96. The second-order valence-corrected chi connectivity index (χ2v) is 4.52. The molecule has 0 unspecified atom stereocenters. The molecule has 0 aliphatic rings. The van der Waals surface area contributed by atoms with E-state index < -0.39 is 12.1 Å². The highest BCUT2D eigenvalue weighted by Crippen LogP contribution is 2.19. The summed E-state index contributed by atoms with van der Waals surface area (Å²) in [5, 5.41) is 2.68. The van der Waals surface area contributed by atoms with E-state index in [1.807, 2.05) is 13.8 Å². The number of rotatable bonds is 6. The van der Waals surface area contributed by atoms with Crippen LogP contribution in [0.1, 0.15) is 36.2 Å². The first-order valence-electron chi connectivity index (χ1n) is 6.63. The summed E-state index contributed by atoms with van der Waals surface area (Å²) in [6.07, 6.45) is 0.0167. The fourth-order valence-corrected chi connectivity index (χ4v) is 1.62. The molecule has 0 fully saturated rings. The summed E-state index contributed by atoms with van der Waals surface area (Å²) < 4.78 is 10.3. The predicted octanol–water partition coefficient (Wildman–Crippen LogP) is 2.08. The van der Waals surface area contributed by atoms with Crippen molar-refractivity contribution in [1.29, 1.82) is 0 Å². The van der Waals surface area contributed by atoms with Crippen LogP contribution in [0.2, 0.25) is 0 Å². The van der Waals surface area contributed by atoms with Gasteiger partial charge < -0.3 is 14.8 Å². The third-order valence-electron chi connectivity index (χ3n) is 2.85. The van der Waals surface area contributed by atoms with E-state index in [4.69, 9.17) is 9.47 Å². The largest absolute Gasteiger partial charge is 0.496 e. The standard InChI is InChI=1S/C15H21NO4/c1-5-8-16-14(17)11(3)20-15(18)12-7-6-10(2)13(9-12)19-4/h6-7,9,11H,5,8H2,1-4H3,(H,16,17)/t11-/m0/s1. The topological polar surface area (TPSA) is 64.6 Å². The molecule has 1 aromatic rings. The van der Waals surface area contributed by atoms with Crippen molar-refractivity contribution in [2.24, 2.45) is 0 Å². The average molecular weight is 279 g/mol. The molecule has 1 N–H and O–H groups in total. The van der Waals surface area contributed by atoms with Gasteiger partial charge >= 0.3 is 5.97 Å². The fourth-order valence-electron chi connectivity index (χ4n) is 1.62. The summed E-state index contributed by atoms with van der Waals surface area (Å²) in [6, 6.07) is 5.03. The van der Waals surface area contributed by atoms with Crippen molar-refractivity contribution in [3.05, 3.63) is 29.3 Å². The number of hydrogen-bond acceptors (Lipinski definition) is 4. The van der Waals surface area contributed by atoms with Crippen LogP contribution in [0.5, 0.6) is 5.75 Å². The number of aryl methyl sites for hydroxylation is 1. The molecule has 0 saturated carbocycles. The van der Waals surface area contributed by atoms with Gasteiger partial charge in [-0.3, -0.25) is 4.79 Å². The molecule has 0 aromatic heterocycles. The smallest absolute Gasteiger partial charge is 0.339 e. The van der Waals surface area contributed by atoms with Gasteiger partial charge in [-0.25, -0.2) is 4.79 Å². The van der Waals surface area contributed by atoms with E-state index >= 15 is 0 Å². The van der Waals surface area contributed by atoms with E-state index in [-0.39, 0.29) is 5.91 Å². The third kappa shape index (κ3) is 4.26. The van der Waals surface area contributed by atoms with Crippen molar-refractivity contribution >= 4 is 11.9 Å². The van der Waals surface area contributed by atoms with E-state index in [1.165, 1.54) is 7.11 Å². The van der Waals surface area contributed by atoms with Crippen molar-refractivity contribution in [1.82, 2.24) is 5.32 Å². The van der Waals surface area contributed by atoms with E-state index in [2.05, 4.69) is 5.32 Å². The molecule has 1 rings (SSSR count).